The first-order valence-corrected chi connectivity index (χ1v) is 6.14. The Bertz CT molecular complexity index is 397. The molecule has 1 aliphatic heterocycles. The summed E-state index contributed by atoms with van der Waals surface area (Å²) in [5.74, 6) is 0.302. The highest BCUT2D eigenvalue weighted by molar-refractivity contribution is 5.93. The van der Waals surface area contributed by atoms with Crippen molar-refractivity contribution in [2.45, 2.75) is 45.3 Å². The van der Waals surface area contributed by atoms with E-state index >= 15 is 0 Å². The number of aliphatic hydroxyl groups is 1. The molecule has 1 fully saturated rings. The summed E-state index contributed by atoms with van der Waals surface area (Å²) in [7, 11) is 0. The van der Waals surface area contributed by atoms with E-state index in [2.05, 4.69) is 0 Å². The van der Waals surface area contributed by atoms with Crippen LogP contribution in [0.4, 0.5) is 0 Å². The molecule has 0 spiro atoms. The first-order valence-electron chi connectivity index (χ1n) is 6.14. The lowest BCUT2D eigenvalue weighted by molar-refractivity contribution is 0.0257. The summed E-state index contributed by atoms with van der Waals surface area (Å²) in [6.07, 6.45) is 3.97. The van der Waals surface area contributed by atoms with Gasteiger partial charge in [-0.05, 0) is 39.2 Å². The highest BCUT2D eigenvalue weighted by Gasteiger charge is 2.32. The van der Waals surface area contributed by atoms with Gasteiger partial charge in [-0.15, -0.1) is 0 Å². The smallest absolute Gasteiger partial charge is 0.290 e. The molecule has 0 radical (unpaired) electrons. The van der Waals surface area contributed by atoms with Crippen molar-refractivity contribution in [1.82, 2.24) is 4.90 Å². The van der Waals surface area contributed by atoms with Crippen LogP contribution in [0.1, 0.15) is 42.3 Å². The minimum absolute atomic E-state index is 0.0826. The predicted molar refractivity (Wildman–Crippen MR) is 63.8 cm³/mol. The Balaban J connectivity index is 2.20. The molecule has 1 aromatic heterocycles. The van der Waals surface area contributed by atoms with E-state index in [1.165, 1.54) is 6.26 Å². The highest BCUT2D eigenvalue weighted by atomic mass is 16.3. The number of rotatable bonds is 2. The Morgan fingerprint density at radius 1 is 1.59 bits per heavy atom. The van der Waals surface area contributed by atoms with E-state index in [0.29, 0.717) is 12.3 Å². The standard InChI is InChI=1S/C13H19NO3/c1-9-6-8-17-12(9)13(16)14-7-4-3-5-11(14)10(2)15/h6,8,10-11,15H,3-5,7H2,1-2H3/t10-,11+/m1/s1. The predicted octanol–water partition coefficient (Wildman–Crippen LogP) is 1.96. The molecule has 94 valence electrons. The number of amides is 1. The first kappa shape index (κ1) is 12.2. The van der Waals surface area contributed by atoms with E-state index in [9.17, 15) is 9.90 Å². The molecule has 1 aliphatic rings. The number of carbonyl (C=O) groups excluding carboxylic acids is 1. The van der Waals surface area contributed by atoms with Crippen molar-refractivity contribution in [3.05, 3.63) is 23.7 Å². The minimum atomic E-state index is -0.491. The third-order valence-corrected chi connectivity index (χ3v) is 3.42. The fraction of sp³-hybridized carbons (Fsp3) is 0.615. The van der Waals surface area contributed by atoms with Gasteiger partial charge in [-0.25, -0.2) is 0 Å². The number of aryl methyl sites for hydroxylation is 1. The van der Waals surface area contributed by atoms with E-state index < -0.39 is 6.10 Å². The van der Waals surface area contributed by atoms with Crippen LogP contribution in [-0.2, 0) is 0 Å². The molecule has 0 bridgehead atoms. The molecule has 1 N–H and O–H groups in total. The fourth-order valence-corrected chi connectivity index (χ4v) is 2.43. The Hall–Kier alpha value is -1.29. The molecular weight excluding hydrogens is 218 g/mol. The van der Waals surface area contributed by atoms with Crippen LogP contribution in [0.25, 0.3) is 0 Å². The lowest BCUT2D eigenvalue weighted by atomic mass is 9.97. The number of hydrogen-bond donors (Lipinski definition) is 1. The van der Waals surface area contributed by atoms with Gasteiger partial charge in [0.2, 0.25) is 0 Å². The summed E-state index contributed by atoms with van der Waals surface area (Å²) in [4.78, 5) is 14.1. The van der Waals surface area contributed by atoms with Crippen LogP contribution in [0.3, 0.4) is 0 Å². The highest BCUT2D eigenvalue weighted by Crippen LogP contribution is 2.23. The van der Waals surface area contributed by atoms with E-state index in [1.54, 1.807) is 17.9 Å². The Morgan fingerprint density at radius 3 is 2.94 bits per heavy atom. The van der Waals surface area contributed by atoms with E-state index in [-0.39, 0.29) is 11.9 Å². The molecule has 4 nitrogen and oxygen atoms in total. The molecule has 0 aliphatic carbocycles. The number of likely N-dealkylation sites (tertiary alicyclic amines) is 1. The minimum Gasteiger partial charge on any atom is -0.459 e. The second-order valence-electron chi connectivity index (χ2n) is 4.74. The fourth-order valence-electron chi connectivity index (χ4n) is 2.43. The van der Waals surface area contributed by atoms with Crippen molar-refractivity contribution in [3.63, 3.8) is 0 Å². The number of piperidine rings is 1. The number of carbonyl (C=O) groups is 1. The summed E-state index contributed by atoms with van der Waals surface area (Å²) in [5, 5.41) is 9.74. The third-order valence-electron chi connectivity index (χ3n) is 3.42. The number of hydrogen-bond acceptors (Lipinski definition) is 3. The Kier molecular flexibility index (Phi) is 3.52. The third kappa shape index (κ3) is 2.36. The normalized spacial score (nSPS) is 22.5. The molecule has 4 heteroatoms. The number of nitrogens with zero attached hydrogens (tertiary/aromatic N) is 1. The summed E-state index contributed by atoms with van der Waals surface area (Å²) >= 11 is 0. The maximum atomic E-state index is 12.3. The molecule has 1 saturated heterocycles. The van der Waals surface area contributed by atoms with Crippen molar-refractivity contribution in [2.24, 2.45) is 0 Å². The zero-order chi connectivity index (χ0) is 12.4. The average Bonchev–Trinajstić information content (AvgIpc) is 2.74. The van der Waals surface area contributed by atoms with E-state index in [1.807, 2.05) is 6.92 Å². The largest absolute Gasteiger partial charge is 0.459 e. The molecule has 1 aromatic rings. The van der Waals surface area contributed by atoms with Gasteiger partial charge in [0.15, 0.2) is 5.76 Å². The summed E-state index contributed by atoms with van der Waals surface area (Å²) in [6.45, 7) is 4.30. The summed E-state index contributed by atoms with van der Waals surface area (Å²) in [6, 6.07) is 1.70. The van der Waals surface area contributed by atoms with Gasteiger partial charge in [-0.2, -0.15) is 0 Å². The van der Waals surface area contributed by atoms with Gasteiger partial charge in [-0.3, -0.25) is 4.79 Å². The van der Waals surface area contributed by atoms with Crippen molar-refractivity contribution in [2.75, 3.05) is 6.54 Å². The lowest BCUT2D eigenvalue weighted by Gasteiger charge is -2.37. The molecule has 2 rings (SSSR count). The molecule has 0 saturated carbocycles. The summed E-state index contributed by atoms with van der Waals surface area (Å²) in [5.41, 5.74) is 0.852. The lowest BCUT2D eigenvalue weighted by Crippen LogP contribution is -2.48. The Morgan fingerprint density at radius 2 is 2.35 bits per heavy atom. The molecule has 0 unspecified atom stereocenters. The SMILES string of the molecule is Cc1ccoc1C(=O)N1CCCC[C@H]1[C@@H](C)O. The van der Waals surface area contributed by atoms with Crippen LogP contribution < -0.4 is 0 Å². The van der Waals surface area contributed by atoms with Crippen LogP contribution in [0, 0.1) is 6.92 Å². The first-order chi connectivity index (χ1) is 8.11. The zero-order valence-corrected chi connectivity index (χ0v) is 10.3. The van der Waals surface area contributed by atoms with Gasteiger partial charge < -0.3 is 14.4 Å². The molecule has 17 heavy (non-hydrogen) atoms. The van der Waals surface area contributed by atoms with Gasteiger partial charge in [-0.1, -0.05) is 0 Å². The van der Waals surface area contributed by atoms with E-state index in [4.69, 9.17) is 4.42 Å². The average molecular weight is 237 g/mol. The van der Waals surface area contributed by atoms with Gasteiger partial charge in [0.25, 0.3) is 5.91 Å². The number of furan rings is 1. The van der Waals surface area contributed by atoms with Crippen LogP contribution in [-0.4, -0.2) is 34.6 Å². The van der Waals surface area contributed by atoms with Crippen molar-refractivity contribution in [1.29, 1.82) is 0 Å². The van der Waals surface area contributed by atoms with Crippen molar-refractivity contribution >= 4 is 5.91 Å². The number of aliphatic hydroxyl groups excluding tert-OH is 1. The van der Waals surface area contributed by atoms with Crippen LogP contribution in [0.2, 0.25) is 0 Å². The second kappa shape index (κ2) is 4.92. The van der Waals surface area contributed by atoms with Gasteiger partial charge in [0.1, 0.15) is 0 Å². The second-order valence-corrected chi connectivity index (χ2v) is 4.74. The zero-order valence-electron chi connectivity index (χ0n) is 10.3. The van der Waals surface area contributed by atoms with Gasteiger partial charge in [0, 0.05) is 12.1 Å². The molecule has 2 heterocycles. The molecule has 1 amide bonds. The molecule has 2 atom stereocenters. The van der Waals surface area contributed by atoms with Gasteiger partial charge >= 0.3 is 0 Å². The van der Waals surface area contributed by atoms with Crippen molar-refractivity contribution < 1.29 is 14.3 Å². The van der Waals surface area contributed by atoms with Crippen LogP contribution in [0.5, 0.6) is 0 Å². The van der Waals surface area contributed by atoms with Crippen LogP contribution >= 0.6 is 0 Å². The summed E-state index contributed by atoms with van der Waals surface area (Å²) < 4.78 is 5.23. The van der Waals surface area contributed by atoms with Crippen LogP contribution in [0.15, 0.2) is 16.7 Å². The maximum absolute atomic E-state index is 12.3. The Labute approximate surface area is 101 Å². The topological polar surface area (TPSA) is 53.7 Å². The monoisotopic (exact) mass is 237 g/mol. The van der Waals surface area contributed by atoms with E-state index in [0.717, 1.165) is 24.8 Å². The van der Waals surface area contributed by atoms with Crippen molar-refractivity contribution in [3.8, 4) is 0 Å². The maximum Gasteiger partial charge on any atom is 0.290 e. The molecular formula is C13H19NO3. The molecule has 0 aromatic carbocycles. The van der Waals surface area contributed by atoms with Gasteiger partial charge in [0.05, 0.1) is 18.4 Å². The quantitative estimate of drug-likeness (QED) is 0.855.